The van der Waals surface area contributed by atoms with Crippen LogP contribution in [0.5, 0.6) is 0 Å². The Bertz CT molecular complexity index is 919. The molecule has 0 bridgehead atoms. The summed E-state index contributed by atoms with van der Waals surface area (Å²) in [4.78, 5) is 15.8. The molecule has 156 valence electrons. The van der Waals surface area contributed by atoms with Gasteiger partial charge in [0.05, 0.1) is 17.8 Å². The Labute approximate surface area is 170 Å². The molecule has 2 aromatic heterocycles. The number of hydrogen-bond donors (Lipinski definition) is 1. The van der Waals surface area contributed by atoms with Crippen LogP contribution in [0.2, 0.25) is 0 Å². The predicted molar refractivity (Wildman–Crippen MR) is 108 cm³/mol. The second kappa shape index (κ2) is 7.32. The molecule has 3 aliphatic rings. The number of rotatable bonds is 3. The van der Waals surface area contributed by atoms with E-state index in [9.17, 15) is 9.90 Å². The molecule has 2 aromatic rings. The summed E-state index contributed by atoms with van der Waals surface area (Å²) >= 11 is 0. The third-order valence-corrected chi connectivity index (χ3v) is 6.91. The smallest absolute Gasteiger partial charge is 0.219 e. The van der Waals surface area contributed by atoms with Crippen molar-refractivity contribution >= 4 is 11.6 Å². The van der Waals surface area contributed by atoms with Gasteiger partial charge in [0.2, 0.25) is 5.91 Å². The first-order chi connectivity index (χ1) is 14.0. The van der Waals surface area contributed by atoms with Gasteiger partial charge in [-0.05, 0) is 69.7 Å². The number of hydrogen-bond acceptors (Lipinski definition) is 6. The van der Waals surface area contributed by atoms with Crippen molar-refractivity contribution in [3.63, 3.8) is 0 Å². The minimum Gasteiger partial charge on any atom is -0.387 e. The molecule has 4 heterocycles. The van der Waals surface area contributed by atoms with E-state index in [0.29, 0.717) is 19.0 Å². The third kappa shape index (κ3) is 3.64. The lowest BCUT2D eigenvalue weighted by Crippen LogP contribution is -2.56. The monoisotopic (exact) mass is 398 g/mol. The van der Waals surface area contributed by atoms with E-state index in [1.807, 2.05) is 4.52 Å². The van der Waals surface area contributed by atoms with Gasteiger partial charge in [-0.3, -0.25) is 4.79 Å². The molecule has 29 heavy (non-hydrogen) atoms. The molecule has 8 heteroatoms. The summed E-state index contributed by atoms with van der Waals surface area (Å²) in [6, 6.07) is 2.15. The number of β-amino-alcohol motifs (C(OH)–C–C–N with tert-alkyl or cyclic N) is 1. The first-order valence-electron chi connectivity index (χ1n) is 11.0. The predicted octanol–water partition coefficient (Wildman–Crippen LogP) is 1.17. The summed E-state index contributed by atoms with van der Waals surface area (Å²) in [6.07, 6.45) is 6.95. The molecule has 0 saturated carbocycles. The third-order valence-electron chi connectivity index (χ3n) is 6.91. The van der Waals surface area contributed by atoms with Crippen molar-refractivity contribution in [2.45, 2.75) is 63.4 Å². The topological polar surface area (TPSA) is 86.9 Å². The molecule has 0 aromatic carbocycles. The van der Waals surface area contributed by atoms with Crippen LogP contribution in [-0.4, -0.2) is 78.9 Å². The Morgan fingerprint density at radius 1 is 1.21 bits per heavy atom. The van der Waals surface area contributed by atoms with E-state index in [1.54, 1.807) is 11.8 Å². The Morgan fingerprint density at radius 2 is 2.03 bits per heavy atom. The minimum atomic E-state index is -0.791. The number of nitrogens with zero attached hydrogens (tertiary/aromatic N) is 6. The fourth-order valence-corrected chi connectivity index (χ4v) is 5.32. The number of aliphatic hydroxyl groups is 1. The molecule has 0 spiro atoms. The van der Waals surface area contributed by atoms with E-state index >= 15 is 0 Å². The number of fused-ring (bicyclic) bond motifs is 2. The molecule has 2 fully saturated rings. The Morgan fingerprint density at radius 3 is 2.83 bits per heavy atom. The van der Waals surface area contributed by atoms with Crippen LogP contribution >= 0.6 is 0 Å². The summed E-state index contributed by atoms with van der Waals surface area (Å²) in [5.41, 5.74) is 2.60. The molecular formula is C21H30N6O2. The molecule has 1 N–H and O–H groups in total. The van der Waals surface area contributed by atoms with E-state index < -0.39 is 5.60 Å². The molecule has 5 rings (SSSR count). The number of aromatic nitrogens is 4. The molecule has 8 nitrogen and oxygen atoms in total. The van der Waals surface area contributed by atoms with Crippen LogP contribution < -0.4 is 0 Å². The average molecular weight is 399 g/mol. The van der Waals surface area contributed by atoms with Gasteiger partial charge in [0.25, 0.3) is 0 Å². The van der Waals surface area contributed by atoms with Crippen molar-refractivity contribution in [3.05, 3.63) is 23.1 Å². The van der Waals surface area contributed by atoms with Crippen LogP contribution in [0, 0.1) is 0 Å². The van der Waals surface area contributed by atoms with Crippen LogP contribution in [0.15, 0.2) is 6.07 Å². The summed E-state index contributed by atoms with van der Waals surface area (Å²) in [5.74, 6) is 1.39. The fourth-order valence-electron chi connectivity index (χ4n) is 5.32. The number of piperidine rings is 2. The zero-order chi connectivity index (χ0) is 20.0. The Hall–Kier alpha value is -2.06. The van der Waals surface area contributed by atoms with Gasteiger partial charge < -0.3 is 14.9 Å². The zero-order valence-electron chi connectivity index (χ0n) is 17.2. The minimum absolute atomic E-state index is 0.0551. The van der Waals surface area contributed by atoms with Gasteiger partial charge in [0, 0.05) is 25.9 Å². The number of aryl methyl sites for hydroxylation is 2. The molecule has 0 radical (unpaired) electrons. The van der Waals surface area contributed by atoms with E-state index in [4.69, 9.17) is 5.10 Å². The maximum atomic E-state index is 11.7. The quantitative estimate of drug-likeness (QED) is 0.835. The van der Waals surface area contributed by atoms with Crippen molar-refractivity contribution < 1.29 is 9.90 Å². The highest BCUT2D eigenvalue weighted by Crippen LogP contribution is 2.30. The van der Waals surface area contributed by atoms with Gasteiger partial charge >= 0.3 is 0 Å². The number of amides is 1. The van der Waals surface area contributed by atoms with E-state index in [1.165, 1.54) is 17.7 Å². The molecule has 2 saturated heterocycles. The van der Waals surface area contributed by atoms with Gasteiger partial charge in [0.15, 0.2) is 11.5 Å². The van der Waals surface area contributed by atoms with E-state index in [-0.39, 0.29) is 5.91 Å². The number of carbonyl (C=O) groups is 1. The summed E-state index contributed by atoms with van der Waals surface area (Å²) < 4.78 is 1.96. The fraction of sp³-hybridized carbons (Fsp3) is 0.714. The maximum absolute atomic E-state index is 11.7. The summed E-state index contributed by atoms with van der Waals surface area (Å²) in [6.45, 7) is 5.28. The van der Waals surface area contributed by atoms with Crippen LogP contribution in [0.25, 0.3) is 5.65 Å². The first kappa shape index (κ1) is 18.9. The Kier molecular flexibility index (Phi) is 4.78. The summed E-state index contributed by atoms with van der Waals surface area (Å²) in [5, 5.41) is 24.8. The lowest BCUT2D eigenvalue weighted by atomic mass is 9.90. The average Bonchev–Trinajstić information content (AvgIpc) is 3.32. The van der Waals surface area contributed by atoms with Crippen LogP contribution in [0.3, 0.4) is 0 Å². The lowest BCUT2D eigenvalue weighted by Gasteiger charge is -2.43. The van der Waals surface area contributed by atoms with Crippen molar-refractivity contribution in [2.75, 3.05) is 32.7 Å². The van der Waals surface area contributed by atoms with Crippen molar-refractivity contribution in [1.82, 2.24) is 29.6 Å². The van der Waals surface area contributed by atoms with Crippen LogP contribution in [0.4, 0.5) is 0 Å². The lowest BCUT2D eigenvalue weighted by molar-refractivity contribution is -0.137. The number of carbonyl (C=O) groups excluding carboxylic acids is 1. The van der Waals surface area contributed by atoms with E-state index in [2.05, 4.69) is 21.2 Å². The van der Waals surface area contributed by atoms with Crippen LogP contribution in [0.1, 0.15) is 62.0 Å². The first-order valence-corrected chi connectivity index (χ1v) is 11.0. The molecule has 1 amide bonds. The SMILES string of the molecule is CC(=O)N1CCCC(O)(CN2CCC(c3nnc4cc5c(nn34)CCC5)CC2)C1. The van der Waals surface area contributed by atoms with Gasteiger partial charge in [-0.25, -0.2) is 0 Å². The molecule has 1 unspecified atom stereocenters. The number of likely N-dealkylation sites (tertiary alicyclic amines) is 2. The van der Waals surface area contributed by atoms with Crippen molar-refractivity contribution in [3.8, 4) is 0 Å². The highest BCUT2D eigenvalue weighted by molar-refractivity contribution is 5.73. The van der Waals surface area contributed by atoms with Crippen molar-refractivity contribution in [1.29, 1.82) is 0 Å². The molecular weight excluding hydrogens is 368 g/mol. The molecule has 2 aliphatic heterocycles. The van der Waals surface area contributed by atoms with Gasteiger partial charge in [0.1, 0.15) is 0 Å². The van der Waals surface area contributed by atoms with Crippen LogP contribution in [-0.2, 0) is 17.6 Å². The normalized spacial score (nSPS) is 26.2. The second-order valence-electron chi connectivity index (χ2n) is 9.12. The van der Waals surface area contributed by atoms with Gasteiger partial charge in [-0.1, -0.05) is 0 Å². The largest absolute Gasteiger partial charge is 0.387 e. The van der Waals surface area contributed by atoms with E-state index in [0.717, 1.165) is 69.6 Å². The second-order valence-corrected chi connectivity index (χ2v) is 9.12. The summed E-state index contributed by atoms with van der Waals surface area (Å²) in [7, 11) is 0. The van der Waals surface area contributed by atoms with Gasteiger partial charge in [-0.2, -0.15) is 9.61 Å². The van der Waals surface area contributed by atoms with Gasteiger partial charge in [-0.15, -0.1) is 10.2 Å². The highest BCUT2D eigenvalue weighted by Gasteiger charge is 2.37. The van der Waals surface area contributed by atoms with Crippen molar-refractivity contribution in [2.24, 2.45) is 0 Å². The Balaban J connectivity index is 1.24. The maximum Gasteiger partial charge on any atom is 0.219 e. The molecule has 1 atom stereocenters. The standard InChI is InChI=1S/C21H30N6O2/c1-15(28)26-9-3-8-21(29,14-26)13-25-10-6-16(7-11-25)20-23-22-19-12-17-4-2-5-18(17)24-27(19)20/h12,16,29H,2-11,13-14H2,1H3. The zero-order valence-corrected chi connectivity index (χ0v) is 17.2. The highest BCUT2D eigenvalue weighted by atomic mass is 16.3. The molecule has 1 aliphatic carbocycles.